The van der Waals surface area contributed by atoms with E-state index in [-0.39, 0.29) is 41.9 Å². The van der Waals surface area contributed by atoms with Gasteiger partial charge in [-0.05, 0) is 50.2 Å². The summed E-state index contributed by atoms with van der Waals surface area (Å²) in [7, 11) is 0. The number of aryl methyl sites for hydroxylation is 1. The molecule has 0 bridgehead atoms. The molecule has 31 heavy (non-hydrogen) atoms. The molecule has 0 unspecified atom stereocenters. The zero-order valence-corrected chi connectivity index (χ0v) is 17.3. The first-order valence-corrected chi connectivity index (χ1v) is 10.0. The lowest BCUT2D eigenvalue weighted by Crippen LogP contribution is -2.30. The van der Waals surface area contributed by atoms with Crippen LogP contribution in [0, 0.1) is 11.6 Å². The van der Waals surface area contributed by atoms with E-state index >= 15 is 0 Å². The second-order valence-electron chi connectivity index (χ2n) is 6.85. The van der Waals surface area contributed by atoms with Crippen molar-refractivity contribution in [3.05, 3.63) is 71.8 Å². The first kappa shape index (κ1) is 22.1. The van der Waals surface area contributed by atoms with Gasteiger partial charge in [0.05, 0.1) is 11.8 Å². The van der Waals surface area contributed by atoms with E-state index in [1.54, 1.807) is 29.2 Å². The van der Waals surface area contributed by atoms with Crippen LogP contribution in [0.1, 0.15) is 36.5 Å². The molecule has 8 heteroatoms. The lowest BCUT2D eigenvalue weighted by Gasteiger charge is -2.18. The van der Waals surface area contributed by atoms with E-state index in [0.29, 0.717) is 24.3 Å². The maximum absolute atomic E-state index is 13.8. The van der Waals surface area contributed by atoms with Crippen LogP contribution in [0.25, 0.3) is 11.3 Å². The molecular formula is C23H23F2N3O3. The third-order valence-electron chi connectivity index (χ3n) is 4.78. The average molecular weight is 427 g/mol. The van der Waals surface area contributed by atoms with Gasteiger partial charge in [0.15, 0.2) is 11.7 Å². The van der Waals surface area contributed by atoms with Gasteiger partial charge < -0.3 is 14.6 Å². The highest BCUT2D eigenvalue weighted by molar-refractivity contribution is 5.95. The number of halogens is 2. The fourth-order valence-corrected chi connectivity index (χ4v) is 3.07. The van der Waals surface area contributed by atoms with Gasteiger partial charge in [0.1, 0.15) is 11.6 Å². The number of anilines is 1. The van der Waals surface area contributed by atoms with Crippen molar-refractivity contribution in [2.45, 2.75) is 26.7 Å². The molecule has 1 aromatic heterocycles. The van der Waals surface area contributed by atoms with Crippen molar-refractivity contribution >= 4 is 17.5 Å². The largest absolute Gasteiger partial charge is 0.441 e. The van der Waals surface area contributed by atoms with Crippen molar-refractivity contribution in [1.82, 2.24) is 9.88 Å². The number of hydrogen-bond acceptors (Lipinski definition) is 4. The predicted octanol–water partition coefficient (Wildman–Crippen LogP) is 4.67. The first-order valence-electron chi connectivity index (χ1n) is 10.0. The highest BCUT2D eigenvalue weighted by Crippen LogP contribution is 2.24. The quantitative estimate of drug-likeness (QED) is 0.567. The molecule has 0 fully saturated rings. The summed E-state index contributed by atoms with van der Waals surface area (Å²) in [6.45, 7) is 5.10. The fourth-order valence-electron chi connectivity index (χ4n) is 3.07. The van der Waals surface area contributed by atoms with E-state index in [4.69, 9.17) is 4.42 Å². The second kappa shape index (κ2) is 9.97. The number of benzene rings is 2. The molecular weight excluding hydrogens is 404 g/mol. The summed E-state index contributed by atoms with van der Waals surface area (Å²) in [6.07, 6.45) is 1.66. The molecule has 2 aromatic carbocycles. The average Bonchev–Trinajstić information content (AvgIpc) is 3.22. The van der Waals surface area contributed by atoms with E-state index in [2.05, 4.69) is 10.3 Å². The number of carbonyl (C=O) groups excluding carboxylic acids is 2. The Kier molecular flexibility index (Phi) is 7.12. The zero-order valence-electron chi connectivity index (χ0n) is 17.3. The molecule has 0 atom stereocenters. The summed E-state index contributed by atoms with van der Waals surface area (Å²) in [6, 6.07) is 9.88. The van der Waals surface area contributed by atoms with E-state index < -0.39 is 11.6 Å². The number of hydrogen-bond donors (Lipinski definition) is 1. The Bertz CT molecular complexity index is 1060. The lowest BCUT2D eigenvalue weighted by atomic mass is 10.1. The molecule has 0 radical (unpaired) electrons. The van der Waals surface area contributed by atoms with Crippen LogP contribution in [0.3, 0.4) is 0 Å². The molecule has 0 spiro atoms. The van der Waals surface area contributed by atoms with Crippen LogP contribution in [0.2, 0.25) is 0 Å². The normalized spacial score (nSPS) is 10.7. The van der Waals surface area contributed by atoms with Gasteiger partial charge in [0.2, 0.25) is 5.91 Å². The minimum Gasteiger partial charge on any atom is -0.441 e. The third-order valence-corrected chi connectivity index (χ3v) is 4.78. The highest BCUT2D eigenvalue weighted by atomic mass is 19.1. The summed E-state index contributed by atoms with van der Waals surface area (Å²) >= 11 is 0. The van der Waals surface area contributed by atoms with Crippen LogP contribution < -0.4 is 5.32 Å². The molecule has 6 nitrogen and oxygen atoms in total. The number of rotatable bonds is 8. The SMILES string of the molecule is CCN(CC)C(=O)c1ccc(NC(=O)CCc2ncc(-c3ccc(F)cc3F)o2)cc1. The molecule has 3 aromatic rings. The summed E-state index contributed by atoms with van der Waals surface area (Å²) in [4.78, 5) is 30.3. The molecule has 162 valence electrons. The Balaban J connectivity index is 1.55. The number of amides is 2. The molecule has 0 saturated carbocycles. The van der Waals surface area contributed by atoms with Crippen LogP contribution in [-0.4, -0.2) is 34.8 Å². The minimum absolute atomic E-state index is 0.0554. The van der Waals surface area contributed by atoms with Gasteiger partial charge in [-0.25, -0.2) is 13.8 Å². The smallest absolute Gasteiger partial charge is 0.253 e. The van der Waals surface area contributed by atoms with Crippen molar-refractivity contribution in [2.75, 3.05) is 18.4 Å². The van der Waals surface area contributed by atoms with Gasteiger partial charge in [-0.3, -0.25) is 9.59 Å². The van der Waals surface area contributed by atoms with E-state index in [0.717, 1.165) is 12.1 Å². The molecule has 0 aliphatic carbocycles. The lowest BCUT2D eigenvalue weighted by molar-refractivity contribution is -0.116. The summed E-state index contributed by atoms with van der Waals surface area (Å²) in [5, 5.41) is 2.75. The summed E-state index contributed by atoms with van der Waals surface area (Å²) in [5.74, 6) is -1.29. The molecule has 1 heterocycles. The summed E-state index contributed by atoms with van der Waals surface area (Å²) < 4.78 is 32.4. The first-order chi connectivity index (χ1) is 14.9. The number of oxazole rings is 1. The topological polar surface area (TPSA) is 75.4 Å². The Morgan fingerprint density at radius 1 is 1.06 bits per heavy atom. The van der Waals surface area contributed by atoms with Crippen molar-refractivity contribution in [1.29, 1.82) is 0 Å². The summed E-state index contributed by atoms with van der Waals surface area (Å²) in [5.41, 5.74) is 1.23. The van der Waals surface area contributed by atoms with Crippen molar-refractivity contribution in [3.8, 4) is 11.3 Å². The monoisotopic (exact) mass is 427 g/mol. The third kappa shape index (κ3) is 5.53. The van der Waals surface area contributed by atoms with Crippen LogP contribution in [-0.2, 0) is 11.2 Å². The van der Waals surface area contributed by atoms with Crippen molar-refractivity contribution in [2.24, 2.45) is 0 Å². The number of nitrogens with one attached hydrogen (secondary N) is 1. The van der Waals surface area contributed by atoms with Crippen LogP contribution >= 0.6 is 0 Å². The second-order valence-corrected chi connectivity index (χ2v) is 6.85. The van der Waals surface area contributed by atoms with Gasteiger partial charge in [-0.15, -0.1) is 0 Å². The van der Waals surface area contributed by atoms with Gasteiger partial charge in [0.25, 0.3) is 5.91 Å². The minimum atomic E-state index is -0.747. The molecule has 1 N–H and O–H groups in total. The van der Waals surface area contributed by atoms with Crippen LogP contribution in [0.15, 0.2) is 53.1 Å². The van der Waals surface area contributed by atoms with Gasteiger partial charge in [0, 0.05) is 43.2 Å². The Labute approximate surface area is 178 Å². The molecule has 0 saturated heterocycles. The maximum atomic E-state index is 13.8. The standard InChI is InChI=1S/C23H23F2N3O3/c1-3-28(4-2)23(30)15-5-8-17(9-6-15)27-21(29)11-12-22-26-14-20(31-22)18-10-7-16(24)13-19(18)25/h5-10,13-14H,3-4,11-12H2,1-2H3,(H,27,29). The predicted molar refractivity (Wildman–Crippen MR) is 112 cm³/mol. The molecule has 0 aliphatic heterocycles. The Hall–Kier alpha value is -3.55. The zero-order chi connectivity index (χ0) is 22.4. The van der Waals surface area contributed by atoms with Crippen molar-refractivity contribution in [3.63, 3.8) is 0 Å². The molecule has 3 rings (SSSR count). The van der Waals surface area contributed by atoms with E-state index in [1.807, 2.05) is 13.8 Å². The van der Waals surface area contributed by atoms with Gasteiger partial charge >= 0.3 is 0 Å². The van der Waals surface area contributed by atoms with Crippen molar-refractivity contribution < 1.29 is 22.8 Å². The number of nitrogens with zero attached hydrogens (tertiary/aromatic N) is 2. The van der Waals surface area contributed by atoms with Crippen LogP contribution in [0.4, 0.5) is 14.5 Å². The van der Waals surface area contributed by atoms with Gasteiger partial charge in [-0.2, -0.15) is 0 Å². The van der Waals surface area contributed by atoms with E-state index in [1.165, 1.54) is 12.3 Å². The Morgan fingerprint density at radius 3 is 2.42 bits per heavy atom. The molecule has 0 aliphatic rings. The molecule has 2 amide bonds. The number of carbonyl (C=O) groups is 2. The Morgan fingerprint density at radius 2 is 1.77 bits per heavy atom. The fraction of sp³-hybridized carbons (Fsp3) is 0.261. The highest BCUT2D eigenvalue weighted by Gasteiger charge is 2.14. The number of aromatic nitrogens is 1. The maximum Gasteiger partial charge on any atom is 0.253 e. The van der Waals surface area contributed by atoms with Crippen LogP contribution in [0.5, 0.6) is 0 Å². The van der Waals surface area contributed by atoms with Gasteiger partial charge in [-0.1, -0.05) is 0 Å². The van der Waals surface area contributed by atoms with E-state index in [9.17, 15) is 18.4 Å².